The predicted molar refractivity (Wildman–Crippen MR) is 131 cm³/mol. The van der Waals surface area contributed by atoms with E-state index >= 15 is 0 Å². The van der Waals surface area contributed by atoms with Crippen LogP contribution >= 0.6 is 23.4 Å². The molecule has 0 bridgehead atoms. The predicted octanol–water partition coefficient (Wildman–Crippen LogP) is 4.65. The van der Waals surface area contributed by atoms with Gasteiger partial charge in [-0.1, -0.05) is 29.8 Å². The molecule has 1 aliphatic rings. The molecule has 1 fully saturated rings. The first-order valence-electron chi connectivity index (χ1n) is 10.4. The van der Waals surface area contributed by atoms with E-state index in [1.807, 2.05) is 13.0 Å². The van der Waals surface area contributed by atoms with E-state index in [4.69, 9.17) is 21.1 Å². The number of hydrogen-bond acceptors (Lipinski definition) is 7. The number of nitrogens with zero attached hydrogens (tertiary/aromatic N) is 1. The quantitative estimate of drug-likeness (QED) is 0.414. The first kappa shape index (κ1) is 25.3. The van der Waals surface area contributed by atoms with Crippen LogP contribution in [-0.2, 0) is 19.1 Å². The minimum absolute atomic E-state index is 0.198. The van der Waals surface area contributed by atoms with Crippen LogP contribution < -0.4 is 10.1 Å². The number of halogens is 1. The number of aryl methyl sites for hydroxylation is 1. The van der Waals surface area contributed by atoms with Crippen molar-refractivity contribution in [2.24, 2.45) is 0 Å². The second-order valence-electron chi connectivity index (χ2n) is 7.68. The van der Waals surface area contributed by atoms with Crippen molar-refractivity contribution in [1.29, 1.82) is 0 Å². The van der Waals surface area contributed by atoms with Gasteiger partial charge in [-0.25, -0.2) is 0 Å². The third-order valence-electron chi connectivity index (χ3n) is 4.53. The number of rotatable bonds is 8. The number of imide groups is 1. The Balaban J connectivity index is 1.55. The van der Waals surface area contributed by atoms with Gasteiger partial charge >= 0.3 is 5.97 Å². The molecule has 2 aromatic carbocycles. The zero-order valence-corrected chi connectivity index (χ0v) is 20.4. The lowest BCUT2D eigenvalue weighted by molar-refractivity contribution is -0.149. The Bertz CT molecular complexity index is 1150. The Morgan fingerprint density at radius 2 is 1.85 bits per heavy atom. The summed E-state index contributed by atoms with van der Waals surface area (Å²) < 4.78 is 10.5. The zero-order valence-electron chi connectivity index (χ0n) is 18.8. The Kier molecular flexibility index (Phi) is 8.36. The lowest BCUT2D eigenvalue weighted by Gasteiger charge is -2.13. The molecule has 3 amide bonds. The number of carbonyl (C=O) groups is 4. The van der Waals surface area contributed by atoms with Gasteiger partial charge in [-0.2, -0.15) is 0 Å². The van der Waals surface area contributed by atoms with Crippen molar-refractivity contribution < 1.29 is 28.7 Å². The average molecular weight is 503 g/mol. The number of thioether (sulfide) groups is 1. The summed E-state index contributed by atoms with van der Waals surface area (Å²) in [6.07, 6.45) is 1.21. The lowest BCUT2D eigenvalue weighted by atomic mass is 10.2. The molecule has 0 unspecified atom stereocenters. The number of ether oxygens (including phenoxy) is 2. The molecule has 0 saturated carbocycles. The molecule has 3 rings (SSSR count). The molecule has 34 heavy (non-hydrogen) atoms. The van der Waals surface area contributed by atoms with E-state index in [9.17, 15) is 19.2 Å². The maximum Gasteiger partial charge on any atom is 0.326 e. The zero-order chi connectivity index (χ0) is 24.8. The topological polar surface area (TPSA) is 102 Å². The molecule has 178 valence electrons. The molecule has 0 atom stereocenters. The van der Waals surface area contributed by atoms with E-state index in [2.05, 4.69) is 5.32 Å². The van der Waals surface area contributed by atoms with Gasteiger partial charge in [0.15, 0.2) is 6.61 Å². The Morgan fingerprint density at radius 3 is 2.50 bits per heavy atom. The summed E-state index contributed by atoms with van der Waals surface area (Å²) >= 11 is 6.82. The average Bonchev–Trinajstić information content (AvgIpc) is 3.02. The van der Waals surface area contributed by atoms with Gasteiger partial charge in [-0.05, 0) is 74.0 Å². The molecule has 0 aromatic heterocycles. The van der Waals surface area contributed by atoms with Gasteiger partial charge in [-0.3, -0.25) is 24.1 Å². The van der Waals surface area contributed by atoms with Gasteiger partial charge in [0.1, 0.15) is 12.3 Å². The summed E-state index contributed by atoms with van der Waals surface area (Å²) in [4.78, 5) is 49.6. The van der Waals surface area contributed by atoms with E-state index < -0.39 is 23.7 Å². The van der Waals surface area contributed by atoms with E-state index in [0.29, 0.717) is 22.0 Å². The summed E-state index contributed by atoms with van der Waals surface area (Å²) in [6.45, 7) is 4.62. The van der Waals surface area contributed by atoms with Crippen LogP contribution in [0.2, 0.25) is 5.02 Å². The van der Waals surface area contributed by atoms with Crippen molar-refractivity contribution >= 4 is 58.1 Å². The molecule has 8 nitrogen and oxygen atoms in total. The van der Waals surface area contributed by atoms with Crippen LogP contribution in [0.3, 0.4) is 0 Å². The van der Waals surface area contributed by atoms with E-state index in [1.165, 1.54) is 0 Å². The monoisotopic (exact) mass is 502 g/mol. The highest BCUT2D eigenvalue weighted by Gasteiger charge is 2.36. The van der Waals surface area contributed by atoms with Gasteiger partial charge in [0, 0.05) is 10.7 Å². The first-order chi connectivity index (χ1) is 16.1. The fourth-order valence-electron chi connectivity index (χ4n) is 2.89. The van der Waals surface area contributed by atoms with Crippen LogP contribution in [0, 0.1) is 6.92 Å². The van der Waals surface area contributed by atoms with Crippen molar-refractivity contribution in [3.05, 3.63) is 63.5 Å². The number of nitrogens with one attached hydrogen (secondary N) is 1. The Morgan fingerprint density at radius 1 is 1.15 bits per heavy atom. The van der Waals surface area contributed by atoms with Crippen molar-refractivity contribution in [3.63, 3.8) is 0 Å². The summed E-state index contributed by atoms with van der Waals surface area (Å²) in [5.41, 5.74) is 2.14. The highest BCUT2D eigenvalue weighted by molar-refractivity contribution is 8.18. The highest BCUT2D eigenvalue weighted by Crippen LogP contribution is 2.32. The van der Waals surface area contributed by atoms with Crippen LogP contribution in [-0.4, -0.2) is 47.2 Å². The van der Waals surface area contributed by atoms with Crippen molar-refractivity contribution in [2.75, 3.05) is 18.5 Å². The van der Waals surface area contributed by atoms with Crippen molar-refractivity contribution in [2.45, 2.75) is 26.9 Å². The number of benzene rings is 2. The highest BCUT2D eigenvalue weighted by atomic mass is 35.5. The maximum absolute atomic E-state index is 12.5. The van der Waals surface area contributed by atoms with Crippen molar-refractivity contribution in [1.82, 2.24) is 4.90 Å². The second-order valence-corrected chi connectivity index (χ2v) is 9.08. The Labute approximate surface area is 206 Å². The number of esters is 1. The van der Waals surface area contributed by atoms with Crippen LogP contribution in [0.5, 0.6) is 5.75 Å². The van der Waals surface area contributed by atoms with E-state index in [-0.39, 0.29) is 23.5 Å². The first-order valence-corrected chi connectivity index (χ1v) is 11.6. The molecule has 0 radical (unpaired) electrons. The Hall–Kier alpha value is -3.30. The minimum Gasteiger partial charge on any atom is -0.484 e. The van der Waals surface area contributed by atoms with Gasteiger partial charge in [0.25, 0.3) is 17.1 Å². The fourth-order valence-corrected chi connectivity index (χ4v) is 3.91. The van der Waals surface area contributed by atoms with Gasteiger partial charge in [0.05, 0.1) is 11.0 Å². The summed E-state index contributed by atoms with van der Waals surface area (Å²) in [5, 5.41) is 2.74. The smallest absolute Gasteiger partial charge is 0.326 e. The third kappa shape index (κ3) is 6.85. The summed E-state index contributed by atoms with van der Waals surface area (Å²) in [7, 11) is 0. The largest absolute Gasteiger partial charge is 0.484 e. The molecule has 1 heterocycles. The summed E-state index contributed by atoms with van der Waals surface area (Å²) in [6, 6.07) is 11.9. The van der Waals surface area contributed by atoms with Gasteiger partial charge in [-0.15, -0.1) is 0 Å². The van der Waals surface area contributed by atoms with Crippen LogP contribution in [0.4, 0.5) is 10.5 Å². The van der Waals surface area contributed by atoms with Crippen LogP contribution in [0.15, 0.2) is 47.4 Å². The summed E-state index contributed by atoms with van der Waals surface area (Å²) in [5.74, 6) is -1.08. The maximum atomic E-state index is 12.5. The van der Waals surface area contributed by atoms with Crippen LogP contribution in [0.25, 0.3) is 6.08 Å². The molecule has 2 aromatic rings. The molecule has 1 aliphatic heterocycles. The molecule has 1 saturated heterocycles. The minimum atomic E-state index is -0.644. The second kappa shape index (κ2) is 11.2. The third-order valence-corrected chi connectivity index (χ3v) is 5.85. The number of amides is 3. The van der Waals surface area contributed by atoms with E-state index in [1.54, 1.807) is 56.3 Å². The lowest BCUT2D eigenvalue weighted by Crippen LogP contribution is -2.35. The molecular weight excluding hydrogens is 480 g/mol. The molecule has 0 aliphatic carbocycles. The standard InChI is InChI=1S/C24H23ClN2O6S/c1-14(2)33-22(29)12-27-23(30)20(34-24(27)31)10-16-5-8-18(9-6-16)32-13-21(28)26-17-7-4-15(3)19(25)11-17/h4-11,14H,12-13H2,1-3H3,(H,26,28)/b20-10-. The normalized spacial score (nSPS) is 14.6. The fraction of sp³-hybridized carbons (Fsp3) is 0.250. The number of carbonyl (C=O) groups excluding carboxylic acids is 4. The number of anilines is 1. The van der Waals surface area contributed by atoms with E-state index in [0.717, 1.165) is 22.2 Å². The van der Waals surface area contributed by atoms with Crippen molar-refractivity contribution in [3.8, 4) is 5.75 Å². The molecule has 1 N–H and O–H groups in total. The molecule has 0 spiro atoms. The van der Waals surface area contributed by atoms with Gasteiger partial charge < -0.3 is 14.8 Å². The molecular formula is C24H23ClN2O6S. The molecule has 10 heteroatoms. The van der Waals surface area contributed by atoms with Crippen LogP contribution in [0.1, 0.15) is 25.0 Å². The number of hydrogen-bond donors (Lipinski definition) is 1. The SMILES string of the molecule is Cc1ccc(NC(=O)COc2ccc(/C=C3\SC(=O)N(CC(=O)OC(C)C)C3=O)cc2)cc1Cl. The van der Waals surface area contributed by atoms with Gasteiger partial charge in [0.2, 0.25) is 0 Å².